The van der Waals surface area contributed by atoms with Crippen LogP contribution in [0.1, 0.15) is 22.9 Å². The Morgan fingerprint density at radius 1 is 1.57 bits per heavy atom. The van der Waals surface area contributed by atoms with Gasteiger partial charge in [-0.2, -0.15) is 0 Å². The van der Waals surface area contributed by atoms with Crippen molar-refractivity contribution in [3.63, 3.8) is 0 Å². The normalized spacial score (nSPS) is 13.1. The van der Waals surface area contributed by atoms with Gasteiger partial charge in [-0.05, 0) is 26.0 Å². The van der Waals surface area contributed by atoms with Crippen molar-refractivity contribution in [3.05, 3.63) is 28.2 Å². The highest BCUT2D eigenvalue weighted by Gasteiger charge is 2.12. The molecule has 3 nitrogen and oxygen atoms in total. The molecule has 0 aliphatic heterocycles. The molecule has 0 saturated heterocycles. The molecule has 2 N–H and O–H groups in total. The summed E-state index contributed by atoms with van der Waals surface area (Å²) in [6.45, 7) is 3.75. The summed E-state index contributed by atoms with van der Waals surface area (Å²) in [4.78, 5) is 8.63. The summed E-state index contributed by atoms with van der Waals surface area (Å²) in [5.74, 6) is 0. The number of aliphatic hydroxyl groups is 1. The van der Waals surface area contributed by atoms with Gasteiger partial charge in [-0.3, -0.25) is 0 Å². The maximum absolute atomic E-state index is 9.40. The van der Waals surface area contributed by atoms with Gasteiger partial charge in [-0.15, -0.1) is 11.3 Å². The van der Waals surface area contributed by atoms with E-state index < -0.39 is 6.10 Å². The molecule has 2 rings (SSSR count). The Hall–Kier alpha value is -1.13. The summed E-state index contributed by atoms with van der Waals surface area (Å²) < 4.78 is 0. The molecule has 0 amide bonds. The van der Waals surface area contributed by atoms with Crippen LogP contribution >= 0.6 is 11.3 Å². The minimum Gasteiger partial charge on any atom is -0.386 e. The first kappa shape index (κ1) is 9.43. The Labute approximate surface area is 86.4 Å². The number of nitrogens with zero attached hydrogens (tertiary/aromatic N) is 1. The first-order chi connectivity index (χ1) is 6.68. The second-order valence-corrected chi connectivity index (χ2v) is 4.45. The van der Waals surface area contributed by atoms with Gasteiger partial charge in [0, 0.05) is 11.1 Å². The molecule has 2 aromatic rings. The van der Waals surface area contributed by atoms with Crippen molar-refractivity contribution in [1.82, 2.24) is 9.97 Å². The van der Waals surface area contributed by atoms with E-state index in [0.29, 0.717) is 0 Å². The van der Waals surface area contributed by atoms with Gasteiger partial charge < -0.3 is 10.1 Å². The zero-order valence-electron chi connectivity index (χ0n) is 8.11. The minimum atomic E-state index is -0.484. The van der Waals surface area contributed by atoms with Crippen LogP contribution in [0.4, 0.5) is 0 Å². The third-order valence-corrected chi connectivity index (χ3v) is 3.16. The molecule has 1 unspecified atom stereocenters. The molecule has 0 fully saturated rings. The number of aromatic amines is 1. The highest BCUT2D eigenvalue weighted by Crippen LogP contribution is 2.29. The highest BCUT2D eigenvalue weighted by molar-refractivity contribution is 7.12. The molecule has 0 radical (unpaired) electrons. The van der Waals surface area contributed by atoms with E-state index in [-0.39, 0.29) is 0 Å². The molecule has 0 bridgehead atoms. The standard InChI is InChI=1S/C10H12N2OS/c1-6(13)10-12-9(7(2)14-10)8-4-3-5-11-8/h3-6,11,13H,1-2H3. The first-order valence-electron chi connectivity index (χ1n) is 4.47. The lowest BCUT2D eigenvalue weighted by Crippen LogP contribution is -1.89. The van der Waals surface area contributed by atoms with Gasteiger partial charge in [0.1, 0.15) is 16.8 Å². The lowest BCUT2D eigenvalue weighted by molar-refractivity contribution is 0.199. The van der Waals surface area contributed by atoms with Crippen molar-refractivity contribution in [2.45, 2.75) is 20.0 Å². The second kappa shape index (κ2) is 3.55. The fraction of sp³-hybridized carbons (Fsp3) is 0.300. The molecule has 0 spiro atoms. The number of hydrogen-bond acceptors (Lipinski definition) is 3. The average molecular weight is 208 g/mol. The maximum Gasteiger partial charge on any atom is 0.122 e. The number of aromatic nitrogens is 2. The summed E-state index contributed by atoms with van der Waals surface area (Å²) in [5, 5.41) is 10.2. The van der Waals surface area contributed by atoms with Crippen molar-refractivity contribution >= 4 is 11.3 Å². The Morgan fingerprint density at radius 3 is 2.86 bits per heavy atom. The van der Waals surface area contributed by atoms with Crippen molar-refractivity contribution in [3.8, 4) is 11.4 Å². The molecule has 0 aliphatic rings. The Bertz CT molecular complexity index is 417. The molecule has 0 saturated carbocycles. The smallest absolute Gasteiger partial charge is 0.122 e. The van der Waals surface area contributed by atoms with E-state index in [1.807, 2.05) is 25.3 Å². The average Bonchev–Trinajstić information content (AvgIpc) is 2.71. The summed E-state index contributed by atoms with van der Waals surface area (Å²) in [5.41, 5.74) is 1.95. The summed E-state index contributed by atoms with van der Waals surface area (Å²) in [6, 6.07) is 3.92. The predicted octanol–water partition coefficient (Wildman–Crippen LogP) is 2.50. The summed E-state index contributed by atoms with van der Waals surface area (Å²) >= 11 is 1.54. The van der Waals surface area contributed by atoms with Crippen molar-refractivity contribution < 1.29 is 5.11 Å². The van der Waals surface area contributed by atoms with Crippen LogP contribution in [0, 0.1) is 6.92 Å². The van der Waals surface area contributed by atoms with E-state index in [1.165, 1.54) is 11.3 Å². The Balaban J connectivity index is 2.45. The lowest BCUT2D eigenvalue weighted by atomic mass is 10.3. The van der Waals surface area contributed by atoms with Gasteiger partial charge in [0.25, 0.3) is 0 Å². The number of aryl methyl sites for hydroxylation is 1. The zero-order valence-corrected chi connectivity index (χ0v) is 8.93. The molecule has 2 heterocycles. The second-order valence-electron chi connectivity index (χ2n) is 3.22. The van der Waals surface area contributed by atoms with Gasteiger partial charge in [0.05, 0.1) is 5.69 Å². The third kappa shape index (κ3) is 1.58. The van der Waals surface area contributed by atoms with Gasteiger partial charge in [0.15, 0.2) is 0 Å². The van der Waals surface area contributed by atoms with E-state index in [9.17, 15) is 5.11 Å². The van der Waals surface area contributed by atoms with E-state index in [1.54, 1.807) is 6.92 Å². The Morgan fingerprint density at radius 2 is 2.36 bits per heavy atom. The predicted molar refractivity (Wildman–Crippen MR) is 57.3 cm³/mol. The largest absolute Gasteiger partial charge is 0.386 e. The molecule has 4 heteroatoms. The van der Waals surface area contributed by atoms with E-state index in [0.717, 1.165) is 21.3 Å². The van der Waals surface area contributed by atoms with Crippen LogP contribution in [0.2, 0.25) is 0 Å². The SMILES string of the molecule is Cc1sc(C(C)O)nc1-c1ccc[nH]1. The molecular formula is C10H12N2OS. The molecule has 14 heavy (non-hydrogen) atoms. The molecule has 2 aromatic heterocycles. The molecular weight excluding hydrogens is 196 g/mol. The van der Waals surface area contributed by atoms with Crippen LogP contribution in [0.5, 0.6) is 0 Å². The van der Waals surface area contributed by atoms with Crippen LogP contribution in [-0.4, -0.2) is 15.1 Å². The number of aliphatic hydroxyl groups excluding tert-OH is 1. The van der Waals surface area contributed by atoms with Crippen LogP contribution in [0.25, 0.3) is 11.4 Å². The molecule has 1 atom stereocenters. The maximum atomic E-state index is 9.40. The number of rotatable bonds is 2. The van der Waals surface area contributed by atoms with Gasteiger partial charge >= 0.3 is 0 Å². The number of hydrogen-bond donors (Lipinski definition) is 2. The molecule has 0 aliphatic carbocycles. The first-order valence-corrected chi connectivity index (χ1v) is 5.29. The number of H-pyrrole nitrogens is 1. The Kier molecular flexibility index (Phi) is 2.39. The quantitative estimate of drug-likeness (QED) is 0.796. The van der Waals surface area contributed by atoms with E-state index in [4.69, 9.17) is 0 Å². The van der Waals surface area contributed by atoms with Crippen LogP contribution < -0.4 is 0 Å². The number of thiazole rings is 1. The fourth-order valence-electron chi connectivity index (χ4n) is 1.32. The van der Waals surface area contributed by atoms with E-state index in [2.05, 4.69) is 9.97 Å². The summed E-state index contributed by atoms with van der Waals surface area (Å²) in [7, 11) is 0. The third-order valence-electron chi connectivity index (χ3n) is 2.02. The van der Waals surface area contributed by atoms with Crippen molar-refractivity contribution in [1.29, 1.82) is 0 Å². The topological polar surface area (TPSA) is 48.9 Å². The van der Waals surface area contributed by atoms with Crippen molar-refractivity contribution in [2.75, 3.05) is 0 Å². The van der Waals surface area contributed by atoms with E-state index >= 15 is 0 Å². The monoisotopic (exact) mass is 208 g/mol. The van der Waals surface area contributed by atoms with Gasteiger partial charge in [0.2, 0.25) is 0 Å². The van der Waals surface area contributed by atoms with Crippen LogP contribution in [0.3, 0.4) is 0 Å². The highest BCUT2D eigenvalue weighted by atomic mass is 32.1. The zero-order chi connectivity index (χ0) is 10.1. The molecule has 0 aromatic carbocycles. The van der Waals surface area contributed by atoms with Crippen molar-refractivity contribution in [2.24, 2.45) is 0 Å². The fourth-order valence-corrected chi connectivity index (χ4v) is 2.20. The lowest BCUT2D eigenvalue weighted by Gasteiger charge is -1.95. The van der Waals surface area contributed by atoms with Crippen LogP contribution in [-0.2, 0) is 0 Å². The summed E-state index contributed by atoms with van der Waals surface area (Å²) in [6.07, 6.45) is 1.39. The van der Waals surface area contributed by atoms with Gasteiger partial charge in [-0.25, -0.2) is 4.98 Å². The minimum absolute atomic E-state index is 0.484. The number of nitrogens with one attached hydrogen (secondary N) is 1. The van der Waals surface area contributed by atoms with Crippen LogP contribution in [0.15, 0.2) is 18.3 Å². The molecule has 74 valence electrons. The van der Waals surface area contributed by atoms with Gasteiger partial charge in [-0.1, -0.05) is 0 Å².